The van der Waals surface area contributed by atoms with Crippen LogP contribution in [-0.4, -0.2) is 28.5 Å². The van der Waals surface area contributed by atoms with Crippen LogP contribution in [0.5, 0.6) is 0 Å². The summed E-state index contributed by atoms with van der Waals surface area (Å²) in [5.41, 5.74) is 0.0954. The molecule has 0 radical (unpaired) electrons. The van der Waals surface area contributed by atoms with Crippen molar-refractivity contribution in [3.63, 3.8) is 0 Å². The Balaban J connectivity index is 1.64. The van der Waals surface area contributed by atoms with Gasteiger partial charge in [0.15, 0.2) is 5.09 Å². The van der Waals surface area contributed by atoms with E-state index in [0.717, 1.165) is 19.4 Å². The molecule has 104 valence electrons. The van der Waals surface area contributed by atoms with Crippen molar-refractivity contribution in [3.8, 4) is 0 Å². The second kappa shape index (κ2) is 5.21. The highest BCUT2D eigenvalue weighted by molar-refractivity contribution is 7.99. The zero-order valence-electron chi connectivity index (χ0n) is 10.8. The van der Waals surface area contributed by atoms with E-state index < -0.39 is 5.97 Å². The molecule has 3 rings (SSSR count). The summed E-state index contributed by atoms with van der Waals surface area (Å²) < 4.78 is 11.3. The lowest BCUT2D eigenvalue weighted by Gasteiger charge is -2.37. The third-order valence-electron chi connectivity index (χ3n) is 4.04. The summed E-state index contributed by atoms with van der Waals surface area (Å²) in [5.74, 6) is -0.990. The van der Waals surface area contributed by atoms with Gasteiger partial charge < -0.3 is 14.3 Å². The summed E-state index contributed by atoms with van der Waals surface area (Å²) in [6.45, 7) is 0.810. The summed E-state index contributed by atoms with van der Waals surface area (Å²) in [4.78, 5) is 10.8. The second-order valence-corrected chi connectivity index (χ2v) is 6.70. The molecule has 0 bridgehead atoms. The Hall–Kier alpha value is -0.940. The van der Waals surface area contributed by atoms with E-state index in [1.54, 1.807) is 17.8 Å². The Kier molecular flexibility index (Phi) is 3.58. The van der Waals surface area contributed by atoms with Gasteiger partial charge in [0.25, 0.3) is 0 Å². The number of rotatable bonds is 3. The fraction of sp³-hybridized carbons (Fsp3) is 0.643. The topological polar surface area (TPSA) is 59.7 Å². The Morgan fingerprint density at radius 2 is 2.16 bits per heavy atom. The highest BCUT2D eigenvalue weighted by Gasteiger charge is 2.40. The molecule has 5 heteroatoms. The van der Waals surface area contributed by atoms with Crippen LogP contribution in [0.25, 0.3) is 0 Å². The Labute approximate surface area is 116 Å². The first-order valence-electron chi connectivity index (χ1n) is 6.81. The average Bonchev–Trinajstić information content (AvgIpc) is 3.00. The van der Waals surface area contributed by atoms with Gasteiger partial charge in [-0.1, -0.05) is 24.6 Å². The van der Waals surface area contributed by atoms with Gasteiger partial charge in [-0.05, 0) is 37.8 Å². The minimum atomic E-state index is -1.01. The summed E-state index contributed by atoms with van der Waals surface area (Å²) >= 11 is 1.65. The summed E-state index contributed by atoms with van der Waals surface area (Å²) in [6, 6.07) is 3.28. The van der Waals surface area contributed by atoms with Gasteiger partial charge in [-0.2, -0.15) is 0 Å². The van der Waals surface area contributed by atoms with Crippen LogP contribution in [0.1, 0.15) is 49.1 Å². The van der Waals surface area contributed by atoms with E-state index in [9.17, 15) is 4.79 Å². The van der Waals surface area contributed by atoms with Crippen molar-refractivity contribution in [2.75, 3.05) is 6.61 Å². The van der Waals surface area contributed by atoms with Gasteiger partial charge in [0.2, 0.25) is 5.76 Å². The SMILES string of the molecule is O=C(O)c1ccc(SC2CCOC3(CCCC3)C2)o1. The number of hydrogen-bond donors (Lipinski definition) is 1. The number of furan rings is 1. The lowest BCUT2D eigenvalue weighted by atomic mass is 9.92. The highest BCUT2D eigenvalue weighted by atomic mass is 32.2. The molecule has 19 heavy (non-hydrogen) atoms. The molecule has 1 unspecified atom stereocenters. The molecule has 0 aromatic carbocycles. The molecule has 1 aliphatic heterocycles. The number of carboxylic acid groups (broad SMARTS) is 1. The standard InChI is InChI=1S/C14H18O4S/c15-13(16)11-3-4-12(18-11)19-10-5-8-17-14(9-10)6-1-2-7-14/h3-4,10H,1-2,5-9H2,(H,15,16). The van der Waals surface area contributed by atoms with Gasteiger partial charge in [0, 0.05) is 11.9 Å². The maximum absolute atomic E-state index is 10.8. The Morgan fingerprint density at radius 3 is 2.84 bits per heavy atom. The molecular formula is C14H18O4S. The number of hydrogen-bond acceptors (Lipinski definition) is 4. The smallest absolute Gasteiger partial charge is 0.371 e. The molecule has 2 heterocycles. The van der Waals surface area contributed by atoms with Crippen molar-refractivity contribution in [2.45, 2.75) is 54.5 Å². The molecule has 1 aliphatic carbocycles. The number of ether oxygens (including phenoxy) is 1. The molecule has 2 fully saturated rings. The van der Waals surface area contributed by atoms with E-state index >= 15 is 0 Å². The van der Waals surface area contributed by atoms with Crippen LogP contribution < -0.4 is 0 Å². The molecule has 1 N–H and O–H groups in total. The molecule has 4 nitrogen and oxygen atoms in total. The highest BCUT2D eigenvalue weighted by Crippen LogP contribution is 2.44. The fourth-order valence-electron chi connectivity index (χ4n) is 3.11. The van der Waals surface area contributed by atoms with Crippen LogP contribution in [0.15, 0.2) is 21.6 Å². The summed E-state index contributed by atoms with van der Waals surface area (Å²) in [5, 5.41) is 10.0. The molecule has 1 aromatic rings. The quantitative estimate of drug-likeness (QED) is 0.918. The first-order chi connectivity index (χ1) is 9.17. The van der Waals surface area contributed by atoms with Crippen molar-refractivity contribution in [1.29, 1.82) is 0 Å². The van der Waals surface area contributed by atoms with E-state index in [1.807, 2.05) is 0 Å². The van der Waals surface area contributed by atoms with Crippen molar-refractivity contribution >= 4 is 17.7 Å². The molecule has 1 atom stereocenters. The lowest BCUT2D eigenvalue weighted by molar-refractivity contribution is -0.0704. The van der Waals surface area contributed by atoms with Gasteiger partial charge >= 0.3 is 5.97 Å². The largest absolute Gasteiger partial charge is 0.475 e. The molecule has 1 saturated carbocycles. The number of carboxylic acids is 1. The van der Waals surface area contributed by atoms with Crippen molar-refractivity contribution in [3.05, 3.63) is 17.9 Å². The zero-order chi connectivity index (χ0) is 13.3. The van der Waals surface area contributed by atoms with Gasteiger partial charge in [-0.15, -0.1) is 0 Å². The van der Waals surface area contributed by atoms with Crippen molar-refractivity contribution in [2.24, 2.45) is 0 Å². The maximum atomic E-state index is 10.8. The number of carbonyl (C=O) groups is 1. The van der Waals surface area contributed by atoms with E-state index in [-0.39, 0.29) is 11.4 Å². The van der Waals surface area contributed by atoms with E-state index in [4.69, 9.17) is 14.3 Å². The maximum Gasteiger partial charge on any atom is 0.371 e. The van der Waals surface area contributed by atoms with E-state index in [0.29, 0.717) is 10.3 Å². The molecule has 2 aliphatic rings. The van der Waals surface area contributed by atoms with E-state index in [1.165, 1.54) is 31.7 Å². The predicted molar refractivity (Wildman–Crippen MR) is 71.7 cm³/mol. The third kappa shape index (κ3) is 2.82. The van der Waals surface area contributed by atoms with Gasteiger partial charge in [-0.25, -0.2) is 4.79 Å². The second-order valence-electron chi connectivity index (χ2n) is 5.40. The number of thioether (sulfide) groups is 1. The lowest BCUT2D eigenvalue weighted by Crippen LogP contribution is -2.38. The van der Waals surface area contributed by atoms with Crippen molar-refractivity contribution < 1.29 is 19.1 Å². The van der Waals surface area contributed by atoms with Crippen LogP contribution in [0.3, 0.4) is 0 Å². The van der Waals surface area contributed by atoms with Crippen molar-refractivity contribution in [1.82, 2.24) is 0 Å². The zero-order valence-corrected chi connectivity index (χ0v) is 11.6. The molecular weight excluding hydrogens is 264 g/mol. The summed E-state index contributed by atoms with van der Waals surface area (Å²) in [7, 11) is 0. The molecule has 1 aromatic heterocycles. The Morgan fingerprint density at radius 1 is 1.37 bits per heavy atom. The normalized spacial score (nSPS) is 25.8. The predicted octanol–water partition coefficient (Wildman–Crippen LogP) is 3.56. The van der Waals surface area contributed by atoms with Crippen LogP contribution in [0.4, 0.5) is 0 Å². The monoisotopic (exact) mass is 282 g/mol. The third-order valence-corrected chi connectivity index (χ3v) is 5.22. The van der Waals surface area contributed by atoms with Gasteiger partial charge in [-0.3, -0.25) is 0 Å². The van der Waals surface area contributed by atoms with Gasteiger partial charge in [0.05, 0.1) is 5.60 Å². The van der Waals surface area contributed by atoms with Crippen LogP contribution in [-0.2, 0) is 4.74 Å². The Bertz CT molecular complexity index is 462. The first kappa shape index (κ1) is 13.1. The van der Waals surface area contributed by atoms with Gasteiger partial charge in [0.1, 0.15) is 0 Å². The number of aromatic carboxylic acids is 1. The molecule has 0 amide bonds. The summed E-state index contributed by atoms with van der Waals surface area (Å²) in [6.07, 6.45) is 6.93. The fourth-order valence-corrected chi connectivity index (χ4v) is 4.33. The van der Waals surface area contributed by atoms with Crippen LogP contribution in [0, 0.1) is 0 Å². The minimum Gasteiger partial charge on any atom is -0.475 e. The van der Waals surface area contributed by atoms with Crippen LogP contribution >= 0.6 is 11.8 Å². The van der Waals surface area contributed by atoms with Crippen LogP contribution in [0.2, 0.25) is 0 Å². The average molecular weight is 282 g/mol. The molecule has 1 spiro atoms. The first-order valence-corrected chi connectivity index (χ1v) is 7.69. The van der Waals surface area contributed by atoms with E-state index in [2.05, 4.69) is 0 Å². The molecule has 1 saturated heterocycles. The minimum absolute atomic E-state index is 0.0186.